The predicted octanol–water partition coefficient (Wildman–Crippen LogP) is 3.81. The molecule has 0 amide bonds. The average Bonchev–Trinajstić information content (AvgIpc) is 2.50. The summed E-state index contributed by atoms with van der Waals surface area (Å²) in [6.07, 6.45) is 2.41. The van der Waals surface area contributed by atoms with Crippen molar-refractivity contribution in [1.29, 1.82) is 0 Å². The third kappa shape index (κ3) is 11.9. The molecule has 0 saturated carbocycles. The lowest BCUT2D eigenvalue weighted by Crippen LogP contribution is -2.11. The van der Waals surface area contributed by atoms with Crippen LogP contribution in [0, 0.1) is 0 Å². The number of aldehydes is 1. The largest absolute Gasteiger partial charge is 0.504 e. The maximum absolute atomic E-state index is 10.2. The number of hydrogen-bond donors (Lipinski definition) is 1. The molecule has 0 unspecified atom stereocenters. The van der Waals surface area contributed by atoms with Gasteiger partial charge in [0.05, 0.1) is 7.11 Å². The number of carbonyl (C=O) groups excluding carboxylic acids is 1. The Kier molecular flexibility index (Phi) is 15.8. The number of phenolic OH excluding ortho intramolecular Hbond substituents is 1. The lowest BCUT2D eigenvalue weighted by Gasteiger charge is -2.09. The van der Waals surface area contributed by atoms with Gasteiger partial charge in [-0.2, -0.15) is 0 Å². The summed E-state index contributed by atoms with van der Waals surface area (Å²) in [7, 11) is 1.43. The van der Waals surface area contributed by atoms with E-state index in [1.165, 1.54) is 25.3 Å². The highest BCUT2D eigenvalue weighted by molar-refractivity contribution is 5.76. The van der Waals surface area contributed by atoms with Gasteiger partial charge in [-0.15, -0.1) is 6.58 Å². The fraction of sp³-hybridized carbons (Fsp3) is 0.471. The Morgan fingerprint density at radius 1 is 1.27 bits per heavy atom. The second-order valence-electron chi connectivity index (χ2n) is 3.94. The zero-order valence-corrected chi connectivity index (χ0v) is 14.2. The second-order valence-corrected chi connectivity index (χ2v) is 3.94. The molecule has 0 aromatic heterocycles. The summed E-state index contributed by atoms with van der Waals surface area (Å²) in [5, 5.41) is 9.09. The molecule has 1 rings (SSSR count). The Bertz CT molecular complexity index is 398. The Morgan fingerprint density at radius 2 is 1.77 bits per heavy atom. The van der Waals surface area contributed by atoms with Crippen LogP contribution >= 0.6 is 0 Å². The SMILES string of the molecule is C=CC.CCOC(C)OCC.COc1cc(C=O)ccc1O. The second kappa shape index (κ2) is 15.5. The Labute approximate surface area is 133 Å². The maximum Gasteiger partial charge on any atom is 0.161 e. The van der Waals surface area contributed by atoms with Crippen LogP contribution < -0.4 is 4.74 Å². The van der Waals surface area contributed by atoms with E-state index in [2.05, 4.69) is 6.58 Å². The highest BCUT2D eigenvalue weighted by Crippen LogP contribution is 2.25. The van der Waals surface area contributed by atoms with E-state index in [-0.39, 0.29) is 12.0 Å². The molecule has 0 aliphatic carbocycles. The normalized spacial score (nSPS) is 9.00. The van der Waals surface area contributed by atoms with Gasteiger partial charge in [-0.3, -0.25) is 4.79 Å². The van der Waals surface area contributed by atoms with Crippen molar-refractivity contribution in [2.75, 3.05) is 20.3 Å². The van der Waals surface area contributed by atoms with Gasteiger partial charge >= 0.3 is 0 Å². The van der Waals surface area contributed by atoms with Crippen molar-refractivity contribution < 1.29 is 24.1 Å². The lowest BCUT2D eigenvalue weighted by molar-refractivity contribution is -0.123. The van der Waals surface area contributed by atoms with Gasteiger partial charge in [-0.25, -0.2) is 0 Å². The third-order valence-electron chi connectivity index (χ3n) is 2.14. The molecule has 1 N–H and O–H groups in total. The summed E-state index contributed by atoms with van der Waals surface area (Å²) in [6, 6.07) is 4.41. The monoisotopic (exact) mass is 312 g/mol. The first kappa shape index (κ1) is 22.4. The number of allylic oxidation sites excluding steroid dienone is 1. The van der Waals surface area contributed by atoms with E-state index in [1.54, 1.807) is 6.08 Å². The number of rotatable bonds is 6. The van der Waals surface area contributed by atoms with Crippen molar-refractivity contribution in [3.05, 3.63) is 36.4 Å². The van der Waals surface area contributed by atoms with Gasteiger partial charge in [0.2, 0.25) is 0 Å². The molecule has 5 nitrogen and oxygen atoms in total. The Morgan fingerprint density at radius 3 is 2.14 bits per heavy atom. The van der Waals surface area contributed by atoms with Gasteiger partial charge in [0.15, 0.2) is 17.8 Å². The minimum Gasteiger partial charge on any atom is -0.504 e. The first-order valence-corrected chi connectivity index (χ1v) is 7.12. The summed E-state index contributed by atoms with van der Waals surface area (Å²) in [4.78, 5) is 10.2. The number of ether oxygens (including phenoxy) is 3. The van der Waals surface area contributed by atoms with Gasteiger partial charge in [0, 0.05) is 18.8 Å². The predicted molar refractivity (Wildman–Crippen MR) is 88.6 cm³/mol. The highest BCUT2D eigenvalue weighted by Gasteiger charge is 2.00. The molecule has 0 aliphatic rings. The molecule has 5 heteroatoms. The molecular formula is C17H28O5. The molecule has 1 aromatic carbocycles. The van der Waals surface area contributed by atoms with Crippen LogP contribution in [0.2, 0.25) is 0 Å². The molecule has 1 aromatic rings. The van der Waals surface area contributed by atoms with Crippen LogP contribution in [0.4, 0.5) is 0 Å². The van der Waals surface area contributed by atoms with Crippen molar-refractivity contribution in [2.24, 2.45) is 0 Å². The molecule has 0 fully saturated rings. The summed E-state index contributed by atoms with van der Waals surface area (Å²) in [6.45, 7) is 12.5. The first-order valence-electron chi connectivity index (χ1n) is 7.12. The average molecular weight is 312 g/mol. The molecule has 0 atom stereocenters. The van der Waals surface area contributed by atoms with E-state index in [0.29, 0.717) is 17.6 Å². The van der Waals surface area contributed by atoms with Crippen molar-refractivity contribution in [1.82, 2.24) is 0 Å². The van der Waals surface area contributed by atoms with Crippen LogP contribution in [0.3, 0.4) is 0 Å². The fourth-order valence-corrected chi connectivity index (χ4v) is 1.29. The van der Waals surface area contributed by atoms with Crippen LogP contribution in [0.15, 0.2) is 30.9 Å². The standard InChI is InChI=1S/C8H8O3.C6H14O2.C3H6/c1-11-8-4-6(5-9)2-3-7(8)10;1-4-7-6(3)8-5-2;1-3-2/h2-5,10H,1H3;6H,4-5H2,1-3H3;3H,1H2,2H3. The zero-order valence-electron chi connectivity index (χ0n) is 14.2. The number of benzene rings is 1. The summed E-state index contributed by atoms with van der Waals surface area (Å²) >= 11 is 0. The van der Waals surface area contributed by atoms with Crippen molar-refractivity contribution in [3.8, 4) is 11.5 Å². The number of hydrogen-bond acceptors (Lipinski definition) is 5. The van der Waals surface area contributed by atoms with Gasteiger partial charge in [-0.1, -0.05) is 6.08 Å². The molecular weight excluding hydrogens is 284 g/mol. The van der Waals surface area contributed by atoms with Gasteiger partial charge in [0.1, 0.15) is 6.29 Å². The Hall–Kier alpha value is -1.85. The summed E-state index contributed by atoms with van der Waals surface area (Å²) in [5.74, 6) is 0.354. The topological polar surface area (TPSA) is 65.0 Å². The number of aromatic hydroxyl groups is 1. The van der Waals surface area contributed by atoms with E-state index in [0.717, 1.165) is 13.2 Å². The smallest absolute Gasteiger partial charge is 0.161 e. The number of methoxy groups -OCH3 is 1. The highest BCUT2D eigenvalue weighted by atomic mass is 16.7. The molecule has 0 bridgehead atoms. The van der Waals surface area contributed by atoms with Crippen LogP contribution in [0.25, 0.3) is 0 Å². The summed E-state index contributed by atoms with van der Waals surface area (Å²) < 4.78 is 14.9. The minimum absolute atomic E-state index is 0.0370. The lowest BCUT2D eigenvalue weighted by atomic mass is 10.2. The molecule has 126 valence electrons. The minimum atomic E-state index is -0.0370. The quantitative estimate of drug-likeness (QED) is 0.491. The van der Waals surface area contributed by atoms with Crippen molar-refractivity contribution in [3.63, 3.8) is 0 Å². The van der Waals surface area contributed by atoms with E-state index in [9.17, 15) is 4.79 Å². The summed E-state index contributed by atoms with van der Waals surface area (Å²) in [5.41, 5.74) is 0.486. The van der Waals surface area contributed by atoms with Crippen LogP contribution in [-0.4, -0.2) is 38.0 Å². The molecule has 0 heterocycles. The zero-order chi connectivity index (χ0) is 17.4. The molecule has 22 heavy (non-hydrogen) atoms. The van der Waals surface area contributed by atoms with E-state index >= 15 is 0 Å². The van der Waals surface area contributed by atoms with Crippen LogP contribution in [-0.2, 0) is 9.47 Å². The van der Waals surface area contributed by atoms with Crippen molar-refractivity contribution in [2.45, 2.75) is 34.0 Å². The fourth-order valence-electron chi connectivity index (χ4n) is 1.29. The van der Waals surface area contributed by atoms with Crippen LogP contribution in [0.1, 0.15) is 38.1 Å². The van der Waals surface area contributed by atoms with Crippen molar-refractivity contribution >= 4 is 6.29 Å². The van der Waals surface area contributed by atoms with E-state index in [4.69, 9.17) is 19.3 Å². The molecule has 0 aliphatic heterocycles. The number of phenols is 1. The van der Waals surface area contributed by atoms with Crippen LogP contribution in [0.5, 0.6) is 11.5 Å². The molecule has 0 saturated heterocycles. The van der Waals surface area contributed by atoms with E-state index in [1.807, 2.05) is 27.7 Å². The molecule has 0 spiro atoms. The van der Waals surface area contributed by atoms with E-state index < -0.39 is 0 Å². The maximum atomic E-state index is 10.2. The first-order chi connectivity index (χ1) is 10.5. The Balaban J connectivity index is 0. The molecule has 0 radical (unpaired) electrons. The van der Waals surface area contributed by atoms with Gasteiger partial charge in [-0.05, 0) is 45.9 Å². The van der Waals surface area contributed by atoms with Gasteiger partial charge < -0.3 is 19.3 Å². The number of carbonyl (C=O) groups is 1. The van der Waals surface area contributed by atoms with Gasteiger partial charge in [0.25, 0.3) is 0 Å². The third-order valence-corrected chi connectivity index (χ3v) is 2.14.